The predicted molar refractivity (Wildman–Crippen MR) is 116 cm³/mol. The Bertz CT molecular complexity index is 1290. The minimum Gasteiger partial charge on any atom is -0.454 e. The van der Waals surface area contributed by atoms with Crippen LogP contribution in [0.15, 0.2) is 48.7 Å². The zero-order valence-corrected chi connectivity index (χ0v) is 17.6. The first kappa shape index (κ1) is 23.1. The number of nitrogens with zero attached hydrogens (tertiary/aromatic N) is 1. The molecule has 1 aliphatic rings. The average molecular weight is 496 g/mol. The summed E-state index contributed by atoms with van der Waals surface area (Å²) in [5, 5.41) is 9.41. The van der Waals surface area contributed by atoms with E-state index >= 15 is 0 Å². The van der Waals surface area contributed by atoms with E-state index in [-0.39, 0.29) is 34.4 Å². The third-order valence-corrected chi connectivity index (χ3v) is 4.94. The summed E-state index contributed by atoms with van der Waals surface area (Å²) in [5.41, 5.74) is -0.446. The quantitative estimate of drug-likeness (QED) is 0.335. The van der Waals surface area contributed by atoms with E-state index in [1.165, 1.54) is 24.4 Å². The number of fused-ring (bicyclic) bond motifs is 1. The van der Waals surface area contributed by atoms with Crippen molar-refractivity contribution in [3.8, 4) is 11.5 Å². The van der Waals surface area contributed by atoms with Crippen LogP contribution in [0, 0.1) is 5.82 Å². The molecule has 8 nitrogen and oxygen atoms in total. The molecule has 4 N–H and O–H groups in total. The van der Waals surface area contributed by atoms with E-state index in [0.29, 0.717) is 17.4 Å². The van der Waals surface area contributed by atoms with Gasteiger partial charge in [0.05, 0.1) is 28.4 Å². The van der Waals surface area contributed by atoms with E-state index in [9.17, 15) is 27.2 Å². The average Bonchev–Trinajstić information content (AvgIpc) is 2.76. The number of rotatable bonds is 4. The van der Waals surface area contributed by atoms with Gasteiger partial charge in [0.15, 0.2) is 11.6 Å². The van der Waals surface area contributed by atoms with Crippen LogP contribution in [0.2, 0.25) is 5.02 Å². The lowest BCUT2D eigenvalue weighted by Gasteiger charge is -2.20. The highest BCUT2D eigenvalue weighted by Gasteiger charge is 2.31. The van der Waals surface area contributed by atoms with Crippen LogP contribution >= 0.6 is 11.6 Å². The largest absolute Gasteiger partial charge is 0.454 e. The second-order valence-electron chi connectivity index (χ2n) is 6.96. The second-order valence-corrected chi connectivity index (χ2v) is 7.37. The van der Waals surface area contributed by atoms with Crippen LogP contribution in [0.25, 0.3) is 0 Å². The molecule has 3 aromatic rings. The number of hydrogen-bond acceptors (Lipinski definition) is 4. The fourth-order valence-corrected chi connectivity index (χ4v) is 3.25. The Morgan fingerprint density at radius 3 is 2.59 bits per heavy atom. The van der Waals surface area contributed by atoms with Gasteiger partial charge in [0.1, 0.15) is 11.6 Å². The van der Waals surface area contributed by atoms with Crippen molar-refractivity contribution in [2.24, 2.45) is 0 Å². The van der Waals surface area contributed by atoms with Gasteiger partial charge in [-0.15, -0.1) is 0 Å². The highest BCUT2D eigenvalue weighted by Crippen LogP contribution is 2.34. The number of carbonyl (C=O) groups is 2. The molecule has 4 amide bonds. The Kier molecular flexibility index (Phi) is 6.16. The Morgan fingerprint density at radius 2 is 1.88 bits per heavy atom. The van der Waals surface area contributed by atoms with Gasteiger partial charge >= 0.3 is 18.2 Å². The maximum absolute atomic E-state index is 14.6. The molecule has 0 spiro atoms. The zero-order chi connectivity index (χ0) is 24.5. The van der Waals surface area contributed by atoms with Gasteiger partial charge in [-0.2, -0.15) is 13.2 Å². The number of halogens is 5. The van der Waals surface area contributed by atoms with Crippen molar-refractivity contribution in [2.45, 2.75) is 12.7 Å². The number of anilines is 3. The molecule has 176 valence electrons. The fourth-order valence-electron chi connectivity index (χ4n) is 3.03. The van der Waals surface area contributed by atoms with Gasteiger partial charge in [0.2, 0.25) is 0 Å². The first-order valence-electron chi connectivity index (χ1n) is 9.55. The standard InChI is InChI=1S/C21H14ClF4N5O3/c22-13-7-10(21(24,25)26)1-3-15(13)30-20(33)29-11-2-4-17(14(23)8-11)34-16-5-6-27-18-12(16)9-28-19(32)31-18/h1-8H,9H2,(H2,29,30,33)(H2,27,28,31,32). The van der Waals surface area contributed by atoms with Crippen molar-refractivity contribution in [2.75, 3.05) is 16.0 Å². The number of benzene rings is 2. The molecule has 13 heteroatoms. The SMILES string of the molecule is O=C(Nc1ccc(Oc2ccnc3c2CNC(=O)N3)c(F)c1)Nc1ccc(C(F)(F)F)cc1Cl. The molecule has 0 bridgehead atoms. The van der Waals surface area contributed by atoms with Crippen molar-refractivity contribution in [1.82, 2.24) is 10.3 Å². The van der Waals surface area contributed by atoms with Crippen LogP contribution in [0.4, 0.5) is 44.3 Å². The lowest BCUT2D eigenvalue weighted by molar-refractivity contribution is -0.137. The van der Waals surface area contributed by atoms with Gasteiger partial charge < -0.3 is 20.7 Å². The summed E-state index contributed by atoms with van der Waals surface area (Å²) >= 11 is 5.81. The van der Waals surface area contributed by atoms with E-state index in [1.807, 2.05) is 0 Å². The number of aromatic nitrogens is 1. The fraction of sp³-hybridized carbons (Fsp3) is 0.0952. The molecule has 0 unspecified atom stereocenters. The smallest absolute Gasteiger partial charge is 0.416 e. The van der Waals surface area contributed by atoms with Crippen molar-refractivity contribution >= 4 is 40.9 Å². The molecule has 2 heterocycles. The summed E-state index contributed by atoms with van der Waals surface area (Å²) in [5.74, 6) is -0.392. The van der Waals surface area contributed by atoms with Gasteiger partial charge in [-0.3, -0.25) is 5.32 Å². The molecule has 1 aromatic heterocycles. The summed E-state index contributed by atoms with van der Waals surface area (Å²) in [7, 11) is 0. The van der Waals surface area contributed by atoms with Crippen LogP contribution in [0.5, 0.6) is 11.5 Å². The molecule has 0 fully saturated rings. The summed E-state index contributed by atoms with van der Waals surface area (Å²) in [6.45, 7) is 0.137. The minimum atomic E-state index is -4.58. The Balaban J connectivity index is 1.44. The third kappa shape index (κ3) is 5.12. The molecule has 0 saturated heterocycles. The molecular weight excluding hydrogens is 482 g/mol. The predicted octanol–water partition coefficient (Wildman–Crippen LogP) is 5.96. The molecule has 0 saturated carbocycles. The lowest BCUT2D eigenvalue weighted by Crippen LogP contribution is -2.34. The highest BCUT2D eigenvalue weighted by atomic mass is 35.5. The Morgan fingerprint density at radius 1 is 1.09 bits per heavy atom. The van der Waals surface area contributed by atoms with Crippen molar-refractivity contribution in [3.63, 3.8) is 0 Å². The number of hydrogen-bond donors (Lipinski definition) is 4. The summed E-state index contributed by atoms with van der Waals surface area (Å²) in [6, 6.07) is 6.33. The maximum Gasteiger partial charge on any atom is 0.416 e. The van der Waals surface area contributed by atoms with E-state index in [2.05, 4.69) is 26.3 Å². The number of nitrogens with one attached hydrogen (secondary N) is 4. The van der Waals surface area contributed by atoms with Gasteiger partial charge in [-0.25, -0.2) is 19.0 Å². The second kappa shape index (κ2) is 9.06. The van der Waals surface area contributed by atoms with Crippen LogP contribution in [0.3, 0.4) is 0 Å². The van der Waals surface area contributed by atoms with E-state index in [0.717, 1.165) is 18.2 Å². The molecule has 1 aliphatic heterocycles. The molecule has 4 rings (SSSR count). The molecule has 0 aliphatic carbocycles. The van der Waals surface area contributed by atoms with Crippen molar-refractivity contribution in [3.05, 3.63) is 70.6 Å². The van der Waals surface area contributed by atoms with Crippen LogP contribution in [-0.4, -0.2) is 17.0 Å². The van der Waals surface area contributed by atoms with Crippen LogP contribution < -0.4 is 26.0 Å². The zero-order valence-electron chi connectivity index (χ0n) is 16.9. The van der Waals surface area contributed by atoms with Gasteiger partial charge in [0, 0.05) is 18.0 Å². The Labute approximate surface area is 194 Å². The summed E-state index contributed by atoms with van der Waals surface area (Å²) in [6.07, 6.45) is -3.18. The van der Waals surface area contributed by atoms with E-state index in [4.69, 9.17) is 16.3 Å². The number of amides is 4. The number of urea groups is 2. The first-order valence-corrected chi connectivity index (χ1v) is 9.93. The van der Waals surface area contributed by atoms with E-state index < -0.39 is 29.6 Å². The van der Waals surface area contributed by atoms with Gasteiger partial charge in [-0.05, 0) is 36.4 Å². The third-order valence-electron chi connectivity index (χ3n) is 4.62. The summed E-state index contributed by atoms with van der Waals surface area (Å²) in [4.78, 5) is 27.6. The Hall–Kier alpha value is -4.06. The number of ether oxygens (including phenoxy) is 1. The monoisotopic (exact) mass is 495 g/mol. The molecule has 0 atom stereocenters. The van der Waals surface area contributed by atoms with Gasteiger partial charge in [0.25, 0.3) is 0 Å². The van der Waals surface area contributed by atoms with Crippen LogP contribution in [0.1, 0.15) is 11.1 Å². The number of alkyl halides is 3. The van der Waals surface area contributed by atoms with Crippen molar-refractivity contribution in [1.29, 1.82) is 0 Å². The maximum atomic E-state index is 14.6. The first-order chi connectivity index (χ1) is 16.1. The molecular formula is C21H14ClF4N5O3. The molecule has 0 radical (unpaired) electrons. The van der Waals surface area contributed by atoms with Gasteiger partial charge in [-0.1, -0.05) is 11.6 Å². The van der Waals surface area contributed by atoms with E-state index in [1.54, 1.807) is 0 Å². The minimum absolute atomic E-state index is 0.0519. The van der Waals surface area contributed by atoms with Crippen LogP contribution in [-0.2, 0) is 12.7 Å². The molecule has 2 aromatic carbocycles. The van der Waals surface area contributed by atoms with Crippen molar-refractivity contribution < 1.29 is 31.9 Å². The summed E-state index contributed by atoms with van der Waals surface area (Å²) < 4.78 is 58.4. The highest BCUT2D eigenvalue weighted by molar-refractivity contribution is 6.33. The topological polar surface area (TPSA) is 104 Å². The number of carbonyl (C=O) groups excluding carboxylic acids is 2. The number of pyridine rings is 1. The molecule has 34 heavy (non-hydrogen) atoms. The normalized spacial score (nSPS) is 12.8. The lowest BCUT2D eigenvalue weighted by atomic mass is 10.2.